The number of hydrogen-bond acceptors (Lipinski definition) is 10. The first kappa shape index (κ1) is 41.3. The number of amides is 2. The molecular weight excluding hydrogens is 709 g/mol. The Morgan fingerprint density at radius 1 is 0.769 bits per heavy atom. The van der Waals surface area contributed by atoms with E-state index in [0.29, 0.717) is 17.0 Å². The Balaban J connectivity index is 0.000000801. The fourth-order valence-electron chi connectivity index (χ4n) is 4.38. The molecule has 0 heterocycles. The normalized spacial score (nSPS) is 12.7. The van der Waals surface area contributed by atoms with Crippen molar-refractivity contribution in [3.63, 3.8) is 0 Å². The van der Waals surface area contributed by atoms with Gasteiger partial charge in [0, 0.05) is 30.9 Å². The van der Waals surface area contributed by atoms with Crippen LogP contribution in [0.3, 0.4) is 0 Å². The second-order valence-corrected chi connectivity index (χ2v) is 14.2. The van der Waals surface area contributed by atoms with E-state index in [2.05, 4.69) is 20.1 Å². The summed E-state index contributed by atoms with van der Waals surface area (Å²) in [4.78, 5) is 39.2. The Kier molecular flexibility index (Phi) is 16.9. The number of Topliss-reactive ketones (excluding diaryl/α,β-unsaturated/α-hetero) is 1. The van der Waals surface area contributed by atoms with Crippen molar-refractivity contribution in [3.8, 4) is 5.75 Å². The lowest BCUT2D eigenvalue weighted by Gasteiger charge is -2.22. The van der Waals surface area contributed by atoms with Gasteiger partial charge in [-0.2, -0.15) is 4.21 Å². The third-order valence-corrected chi connectivity index (χ3v) is 8.46. The minimum Gasteiger partial charge on any atom is -0.399 e. The number of nitrogens with one attached hydrogen (secondary N) is 4. The summed E-state index contributed by atoms with van der Waals surface area (Å²) in [6, 6.07) is 29.1. The van der Waals surface area contributed by atoms with E-state index >= 15 is 0 Å². The average molecular weight is 753 g/mol. The fourth-order valence-corrected chi connectivity index (χ4v) is 5.69. The van der Waals surface area contributed by atoms with Gasteiger partial charge >= 0.3 is 0 Å². The van der Waals surface area contributed by atoms with Crippen LogP contribution in [-0.4, -0.2) is 68.3 Å². The molecule has 0 aliphatic heterocycles. The third-order valence-electron chi connectivity index (χ3n) is 6.97. The molecule has 0 aromatic heterocycles. The molecule has 16 heteroatoms. The predicted octanol–water partition coefficient (Wildman–Crippen LogP) is 1.94. The minimum absolute atomic E-state index is 0.00454. The van der Waals surface area contributed by atoms with Gasteiger partial charge in [0.15, 0.2) is 0 Å². The summed E-state index contributed by atoms with van der Waals surface area (Å²) >= 11 is -1.93. The number of nitrogens with two attached hydrogens (primary N) is 2. The minimum atomic E-state index is -3.84. The molecule has 52 heavy (non-hydrogen) atoms. The highest BCUT2D eigenvalue weighted by atomic mass is 32.2. The van der Waals surface area contributed by atoms with Crippen LogP contribution in [0.25, 0.3) is 0 Å². The van der Waals surface area contributed by atoms with Crippen LogP contribution in [0.15, 0.2) is 109 Å². The number of ketones is 1. The quantitative estimate of drug-likeness (QED) is 0.0493. The zero-order valence-corrected chi connectivity index (χ0v) is 30.5. The third kappa shape index (κ3) is 16.3. The largest absolute Gasteiger partial charge is 0.399 e. The molecule has 0 radical (unpaired) electrons. The van der Waals surface area contributed by atoms with E-state index in [4.69, 9.17) is 20.4 Å². The van der Waals surface area contributed by atoms with E-state index in [1.165, 1.54) is 5.56 Å². The molecule has 0 saturated carbocycles. The first-order chi connectivity index (χ1) is 24.8. The number of benzene rings is 4. The number of ether oxygens (including phenoxy) is 1. The number of rotatable bonds is 18. The van der Waals surface area contributed by atoms with E-state index in [1.54, 1.807) is 54.6 Å². The molecule has 2 amide bonds. The van der Waals surface area contributed by atoms with Crippen LogP contribution in [0.2, 0.25) is 0 Å². The van der Waals surface area contributed by atoms with Crippen molar-refractivity contribution in [1.29, 1.82) is 0 Å². The van der Waals surface area contributed by atoms with Crippen LogP contribution in [-0.2, 0) is 53.4 Å². The first-order valence-corrected chi connectivity index (χ1v) is 19.0. The van der Waals surface area contributed by atoms with E-state index < -0.39 is 51.0 Å². The molecular formula is C36H44N6O8S2. The standard InChI is InChI=1S/C29H35N5O8S2.C7H9N/c1-44(39,40)34-26(20-41-19-22-10-6-3-7-11-22)28(36)33-25(18-21-8-4-2-5-9-21)27(35)29(37)31-16-17-32-43(38)42-24-14-12-23(30)13-15-24;1-6-2-4-7(8)5-3-6/h2-15,25-26,32,34H,16-20,30H2,1H3,(H,31,37)(H,33,36);2-5H,8H2,1H3. The fraction of sp³-hybridized carbons (Fsp3) is 0.250. The second kappa shape index (κ2) is 21.3. The molecule has 8 N–H and O–H groups in total. The molecule has 14 nitrogen and oxygen atoms in total. The molecule has 0 aliphatic rings. The number of carbonyl (C=O) groups excluding carboxylic acids is 3. The predicted molar refractivity (Wildman–Crippen MR) is 201 cm³/mol. The number of sulfonamides is 1. The molecule has 0 saturated heterocycles. The SMILES string of the molecule is CS(=O)(=O)NC(COCc1ccccc1)C(=O)NC(Cc1ccccc1)C(=O)C(=O)NCCNS(=O)Oc1ccc(N)cc1.Cc1ccc(N)cc1. The summed E-state index contributed by atoms with van der Waals surface area (Å²) in [5.74, 6) is -2.48. The monoisotopic (exact) mass is 752 g/mol. The highest BCUT2D eigenvalue weighted by molar-refractivity contribution is 7.88. The van der Waals surface area contributed by atoms with Gasteiger partial charge in [0.2, 0.25) is 21.7 Å². The van der Waals surface area contributed by atoms with Crippen LogP contribution in [0, 0.1) is 6.92 Å². The number of carbonyl (C=O) groups is 3. The van der Waals surface area contributed by atoms with Crippen molar-refractivity contribution in [1.82, 2.24) is 20.1 Å². The Morgan fingerprint density at radius 2 is 1.33 bits per heavy atom. The summed E-state index contributed by atoms with van der Waals surface area (Å²) in [5.41, 5.74) is 15.1. The Hall–Kier alpha value is -5.13. The summed E-state index contributed by atoms with van der Waals surface area (Å²) < 4.78 is 51.6. The summed E-state index contributed by atoms with van der Waals surface area (Å²) in [6.45, 7) is 1.75. The number of nitrogen functional groups attached to an aromatic ring is 2. The van der Waals surface area contributed by atoms with Gasteiger partial charge in [-0.15, -0.1) is 0 Å². The lowest BCUT2D eigenvalue weighted by molar-refractivity contribution is -0.140. The number of aryl methyl sites for hydroxylation is 1. The van der Waals surface area contributed by atoms with Crippen molar-refractivity contribution >= 4 is 50.3 Å². The summed E-state index contributed by atoms with van der Waals surface area (Å²) in [5, 5.41) is 4.93. The van der Waals surface area contributed by atoms with Gasteiger partial charge in [-0.1, -0.05) is 78.4 Å². The molecule has 4 aromatic rings. The number of hydrogen-bond donors (Lipinski definition) is 6. The maximum absolute atomic E-state index is 13.2. The first-order valence-electron chi connectivity index (χ1n) is 16.1. The summed E-state index contributed by atoms with van der Waals surface area (Å²) in [7, 11) is -3.84. The topological polar surface area (TPSA) is 221 Å². The van der Waals surface area contributed by atoms with Crippen LogP contribution in [0.1, 0.15) is 16.7 Å². The highest BCUT2D eigenvalue weighted by Crippen LogP contribution is 2.13. The van der Waals surface area contributed by atoms with Crippen LogP contribution in [0.5, 0.6) is 5.75 Å². The summed E-state index contributed by atoms with van der Waals surface area (Å²) in [6.07, 6.45) is 0.860. The van der Waals surface area contributed by atoms with Crippen LogP contribution < -0.4 is 35.7 Å². The molecule has 0 bridgehead atoms. The van der Waals surface area contributed by atoms with E-state index in [1.807, 2.05) is 61.5 Å². The van der Waals surface area contributed by atoms with E-state index in [9.17, 15) is 27.0 Å². The van der Waals surface area contributed by atoms with E-state index in [0.717, 1.165) is 17.5 Å². The molecule has 0 aliphatic carbocycles. The van der Waals surface area contributed by atoms with Gasteiger partial charge in [0.25, 0.3) is 17.2 Å². The van der Waals surface area contributed by atoms with Crippen molar-refractivity contribution in [2.24, 2.45) is 0 Å². The highest BCUT2D eigenvalue weighted by Gasteiger charge is 2.31. The van der Waals surface area contributed by atoms with Gasteiger partial charge in [-0.25, -0.2) is 17.9 Å². The van der Waals surface area contributed by atoms with E-state index in [-0.39, 0.29) is 32.7 Å². The zero-order chi connectivity index (χ0) is 37.9. The molecule has 4 rings (SSSR count). The molecule has 4 aromatic carbocycles. The zero-order valence-electron chi connectivity index (χ0n) is 28.8. The lowest BCUT2D eigenvalue weighted by Crippen LogP contribution is -2.56. The van der Waals surface area contributed by atoms with Gasteiger partial charge in [0.05, 0.1) is 19.5 Å². The van der Waals surface area contributed by atoms with Crippen molar-refractivity contribution < 1.29 is 35.9 Å². The molecule has 3 unspecified atom stereocenters. The Bertz CT molecular complexity index is 1830. The van der Waals surface area contributed by atoms with Gasteiger partial charge in [-0.3, -0.25) is 14.4 Å². The van der Waals surface area contributed by atoms with Crippen molar-refractivity contribution in [2.75, 3.05) is 37.4 Å². The Morgan fingerprint density at radius 3 is 1.88 bits per heavy atom. The van der Waals surface area contributed by atoms with Crippen molar-refractivity contribution in [2.45, 2.75) is 32.0 Å². The van der Waals surface area contributed by atoms with Gasteiger partial charge < -0.3 is 31.0 Å². The molecule has 278 valence electrons. The molecule has 0 spiro atoms. The van der Waals surface area contributed by atoms with Crippen molar-refractivity contribution in [3.05, 3.63) is 126 Å². The van der Waals surface area contributed by atoms with Crippen LogP contribution in [0.4, 0.5) is 11.4 Å². The molecule has 0 fully saturated rings. The second-order valence-electron chi connectivity index (χ2n) is 11.5. The maximum Gasteiger partial charge on any atom is 0.289 e. The van der Waals surface area contributed by atoms with Gasteiger partial charge in [0.1, 0.15) is 17.8 Å². The molecule has 3 atom stereocenters. The van der Waals surface area contributed by atoms with Crippen LogP contribution >= 0.6 is 0 Å². The van der Waals surface area contributed by atoms with Gasteiger partial charge in [-0.05, 0) is 54.4 Å². The maximum atomic E-state index is 13.2. The average Bonchev–Trinajstić information content (AvgIpc) is 3.12. The number of anilines is 2. The lowest BCUT2D eigenvalue weighted by atomic mass is 10.0. The smallest absolute Gasteiger partial charge is 0.289 e. The Labute approximate surface area is 306 Å².